The molecule has 0 bridgehead atoms. The Hall–Kier alpha value is -2.26. The molecule has 0 saturated carbocycles. The number of rotatable bonds is 5. The molecule has 0 aliphatic carbocycles. The van der Waals surface area contributed by atoms with Crippen LogP contribution in [-0.2, 0) is 28.6 Å². The summed E-state index contributed by atoms with van der Waals surface area (Å²) in [7, 11) is -7.03. The van der Waals surface area contributed by atoms with E-state index in [2.05, 4.69) is 114 Å². The SMILES string of the molecule is C=C.C=C.C=C.C=C.C=C.C=C.C=C.C=C.CS(=O)(=O)OCCOS(C)(=O)=O. The molecule has 0 aromatic rings. The first kappa shape index (κ1) is 56.2. The maximum atomic E-state index is 10.3. The van der Waals surface area contributed by atoms with Crippen molar-refractivity contribution in [3.8, 4) is 0 Å². The van der Waals surface area contributed by atoms with Gasteiger partial charge in [-0.05, 0) is 0 Å². The maximum Gasteiger partial charge on any atom is 0.264 e. The Balaban J connectivity index is -0.0000000270. The summed E-state index contributed by atoms with van der Waals surface area (Å²) in [6.07, 6.45) is 1.74. The van der Waals surface area contributed by atoms with Gasteiger partial charge in [-0.1, -0.05) is 0 Å². The van der Waals surface area contributed by atoms with Crippen molar-refractivity contribution in [2.45, 2.75) is 0 Å². The molecule has 0 aliphatic heterocycles. The lowest BCUT2D eigenvalue weighted by Crippen LogP contribution is -2.12. The van der Waals surface area contributed by atoms with Crippen LogP contribution in [-0.4, -0.2) is 42.6 Å². The van der Waals surface area contributed by atoms with Gasteiger partial charge in [0.05, 0.1) is 25.7 Å². The highest BCUT2D eigenvalue weighted by Crippen LogP contribution is 1.89. The van der Waals surface area contributed by atoms with Crippen LogP contribution in [0.25, 0.3) is 0 Å². The lowest BCUT2D eigenvalue weighted by Gasteiger charge is -2.00. The van der Waals surface area contributed by atoms with Gasteiger partial charge in [0.25, 0.3) is 20.2 Å². The first-order chi connectivity index (χ1) is 13.2. The van der Waals surface area contributed by atoms with Crippen molar-refractivity contribution in [1.29, 1.82) is 0 Å². The molecule has 6 nitrogen and oxygen atoms in total. The van der Waals surface area contributed by atoms with Crippen molar-refractivity contribution in [1.82, 2.24) is 0 Å². The van der Waals surface area contributed by atoms with Crippen LogP contribution in [0.1, 0.15) is 0 Å². The van der Waals surface area contributed by atoms with Crippen molar-refractivity contribution in [3.63, 3.8) is 0 Å². The Bertz CT molecular complexity index is 374. The zero-order chi connectivity index (χ0) is 25.8. The third-order valence-corrected chi connectivity index (χ3v) is 1.87. The smallest absolute Gasteiger partial charge is 0.264 e. The molecule has 170 valence electrons. The van der Waals surface area contributed by atoms with E-state index in [9.17, 15) is 16.8 Å². The second-order valence-electron chi connectivity index (χ2n) is 2.05. The lowest BCUT2D eigenvalue weighted by atomic mass is 10.8. The zero-order valence-electron chi connectivity index (χ0n) is 18.0. The van der Waals surface area contributed by atoms with Gasteiger partial charge in [-0.2, -0.15) is 16.8 Å². The second-order valence-corrected chi connectivity index (χ2v) is 5.34. The van der Waals surface area contributed by atoms with E-state index >= 15 is 0 Å². The summed E-state index contributed by atoms with van der Waals surface area (Å²) in [5.74, 6) is 0. The highest BCUT2D eigenvalue weighted by molar-refractivity contribution is 7.86. The van der Waals surface area contributed by atoms with Gasteiger partial charge >= 0.3 is 0 Å². The summed E-state index contributed by atoms with van der Waals surface area (Å²) in [6, 6.07) is 0. The Morgan fingerprint density at radius 3 is 0.607 bits per heavy atom. The topological polar surface area (TPSA) is 86.7 Å². The van der Waals surface area contributed by atoms with Crippen LogP contribution in [0.5, 0.6) is 0 Å². The Morgan fingerprint density at radius 2 is 0.536 bits per heavy atom. The summed E-state index contributed by atoms with van der Waals surface area (Å²) in [5, 5.41) is 0. The molecular weight excluding hydrogens is 400 g/mol. The van der Waals surface area contributed by atoms with Gasteiger partial charge in [-0.25, -0.2) is 0 Å². The standard InChI is InChI=1S/C4H10O6S2.8C2H4/c1-11(5,6)9-3-4-10-12(2,7)8;8*1-2/h3-4H2,1-2H3;8*1-2H2. The molecule has 28 heavy (non-hydrogen) atoms. The summed E-state index contributed by atoms with van der Waals surface area (Å²) >= 11 is 0. The third kappa shape index (κ3) is 270. The fourth-order valence-corrected chi connectivity index (χ4v) is 1.11. The van der Waals surface area contributed by atoms with Crippen LogP contribution in [0, 0.1) is 0 Å². The van der Waals surface area contributed by atoms with Crippen LogP contribution in [0.3, 0.4) is 0 Å². The van der Waals surface area contributed by atoms with Gasteiger partial charge in [0, 0.05) is 0 Å². The monoisotopic (exact) mass is 442 g/mol. The van der Waals surface area contributed by atoms with E-state index in [1.54, 1.807) is 0 Å². The quantitative estimate of drug-likeness (QED) is 0.324. The first-order valence-corrected chi connectivity index (χ1v) is 10.5. The summed E-state index contributed by atoms with van der Waals surface area (Å²) in [6.45, 7) is 47.4. The molecule has 0 amide bonds. The molecule has 0 aromatic heterocycles. The molecule has 0 atom stereocenters. The lowest BCUT2D eigenvalue weighted by molar-refractivity contribution is 0.227. The molecule has 0 spiro atoms. The first-order valence-electron chi connectivity index (χ1n) is 6.89. The zero-order valence-corrected chi connectivity index (χ0v) is 19.6. The van der Waals surface area contributed by atoms with E-state index in [-0.39, 0.29) is 13.2 Å². The number of hydrogen-bond donors (Lipinski definition) is 0. The molecule has 0 aliphatic rings. The van der Waals surface area contributed by atoms with Crippen LogP contribution in [0.4, 0.5) is 0 Å². The summed E-state index contributed by atoms with van der Waals surface area (Å²) < 4.78 is 49.7. The van der Waals surface area contributed by atoms with Crippen molar-refractivity contribution in [3.05, 3.63) is 105 Å². The van der Waals surface area contributed by atoms with E-state index in [4.69, 9.17) is 0 Å². The van der Waals surface area contributed by atoms with Crippen LogP contribution >= 0.6 is 0 Å². The normalized spacial score (nSPS) is 6.79. The van der Waals surface area contributed by atoms with E-state index < -0.39 is 20.2 Å². The van der Waals surface area contributed by atoms with Gasteiger partial charge < -0.3 is 0 Å². The molecule has 0 N–H and O–H groups in total. The van der Waals surface area contributed by atoms with E-state index in [0.29, 0.717) is 0 Å². The minimum absolute atomic E-state index is 0.300. The van der Waals surface area contributed by atoms with Crippen molar-refractivity contribution < 1.29 is 25.2 Å². The van der Waals surface area contributed by atoms with Gasteiger partial charge in [-0.3, -0.25) is 8.37 Å². The third-order valence-electron chi connectivity index (χ3n) is 0.678. The highest BCUT2D eigenvalue weighted by Gasteiger charge is 2.04. The fourth-order valence-electron chi connectivity index (χ4n) is 0.371. The molecule has 0 radical (unpaired) electrons. The van der Waals surface area contributed by atoms with Crippen LogP contribution < -0.4 is 0 Å². The molecule has 0 heterocycles. The predicted molar refractivity (Wildman–Crippen MR) is 132 cm³/mol. The largest absolute Gasteiger partial charge is 0.268 e. The van der Waals surface area contributed by atoms with E-state index in [0.717, 1.165) is 12.5 Å². The van der Waals surface area contributed by atoms with Crippen molar-refractivity contribution in [2.24, 2.45) is 0 Å². The van der Waals surface area contributed by atoms with Crippen LogP contribution in [0.15, 0.2) is 105 Å². The summed E-state index contributed by atoms with van der Waals surface area (Å²) in [4.78, 5) is 0. The van der Waals surface area contributed by atoms with Gasteiger partial charge in [0.1, 0.15) is 0 Å². The molecule has 0 fully saturated rings. The van der Waals surface area contributed by atoms with Crippen molar-refractivity contribution in [2.75, 3.05) is 25.7 Å². The average Bonchev–Trinajstić information content (AvgIpc) is 2.76. The average molecular weight is 443 g/mol. The number of hydrogen-bond acceptors (Lipinski definition) is 6. The van der Waals surface area contributed by atoms with Gasteiger partial charge in [-0.15, -0.1) is 105 Å². The van der Waals surface area contributed by atoms with E-state index in [1.165, 1.54) is 0 Å². The minimum atomic E-state index is -3.52. The molecule has 8 heteroatoms. The van der Waals surface area contributed by atoms with E-state index in [1.807, 2.05) is 0 Å². The predicted octanol–water partition coefficient (Wildman–Crippen LogP) is 5.36. The molecule has 0 saturated heterocycles. The summed E-state index contributed by atoms with van der Waals surface area (Å²) in [5.41, 5.74) is 0. The second kappa shape index (κ2) is 73.9. The Labute approximate surface area is 176 Å². The van der Waals surface area contributed by atoms with Gasteiger partial charge in [0.15, 0.2) is 0 Å². The minimum Gasteiger partial charge on any atom is -0.268 e. The maximum absolute atomic E-state index is 10.3. The molecule has 0 unspecified atom stereocenters. The fraction of sp³-hybridized carbons (Fsp3) is 0.200. The molecule has 0 rings (SSSR count). The van der Waals surface area contributed by atoms with Gasteiger partial charge in [0.2, 0.25) is 0 Å². The van der Waals surface area contributed by atoms with Crippen LogP contribution in [0.2, 0.25) is 0 Å². The molecular formula is C20H42O6S2. The van der Waals surface area contributed by atoms with Crippen molar-refractivity contribution >= 4 is 20.2 Å². The molecule has 0 aromatic carbocycles. The highest BCUT2D eigenvalue weighted by atomic mass is 32.2. The Morgan fingerprint density at radius 1 is 0.429 bits per heavy atom. The Kier molecular flexibility index (Phi) is 148.